The summed E-state index contributed by atoms with van der Waals surface area (Å²) in [4.78, 5) is 12.0. The number of carbonyl (C=O) groups is 1. The third kappa shape index (κ3) is 4.44. The average Bonchev–Trinajstić information content (AvgIpc) is 2.84. The van der Waals surface area contributed by atoms with Crippen LogP contribution in [0, 0.1) is 6.92 Å². The van der Waals surface area contributed by atoms with Gasteiger partial charge in [0, 0.05) is 11.3 Å². The van der Waals surface area contributed by atoms with E-state index < -0.39 is 0 Å². The summed E-state index contributed by atoms with van der Waals surface area (Å²) in [7, 11) is 0. The van der Waals surface area contributed by atoms with Crippen LogP contribution in [0.1, 0.15) is 31.7 Å². The van der Waals surface area contributed by atoms with Gasteiger partial charge in [0.05, 0.1) is 0 Å². The lowest BCUT2D eigenvalue weighted by molar-refractivity contribution is -0.123. The van der Waals surface area contributed by atoms with Gasteiger partial charge < -0.3 is 10.1 Å². The molecule has 110 valence electrons. The molecular formula is C16H23NO2S. The first-order valence-electron chi connectivity index (χ1n) is 7.29. The maximum atomic E-state index is 12.0. The van der Waals surface area contributed by atoms with Gasteiger partial charge in [-0.1, -0.05) is 25.5 Å². The van der Waals surface area contributed by atoms with Gasteiger partial charge in [0.15, 0.2) is 6.61 Å². The van der Waals surface area contributed by atoms with E-state index in [1.54, 1.807) is 0 Å². The number of benzene rings is 1. The van der Waals surface area contributed by atoms with Crippen molar-refractivity contribution in [2.75, 3.05) is 12.4 Å². The van der Waals surface area contributed by atoms with Crippen molar-refractivity contribution in [3.8, 4) is 5.75 Å². The Morgan fingerprint density at radius 2 is 2.30 bits per heavy atom. The van der Waals surface area contributed by atoms with Crippen LogP contribution in [0.2, 0.25) is 0 Å². The van der Waals surface area contributed by atoms with Crippen molar-refractivity contribution in [1.82, 2.24) is 5.32 Å². The van der Waals surface area contributed by atoms with Crippen molar-refractivity contribution >= 4 is 17.7 Å². The predicted molar refractivity (Wildman–Crippen MR) is 84.4 cm³/mol. The molecule has 4 heteroatoms. The molecule has 0 unspecified atom stereocenters. The van der Waals surface area contributed by atoms with Gasteiger partial charge in [-0.2, -0.15) is 11.8 Å². The van der Waals surface area contributed by atoms with Crippen molar-refractivity contribution in [1.29, 1.82) is 0 Å². The van der Waals surface area contributed by atoms with E-state index in [0.29, 0.717) is 11.3 Å². The van der Waals surface area contributed by atoms with Crippen LogP contribution < -0.4 is 10.1 Å². The minimum atomic E-state index is -0.0138. The average molecular weight is 293 g/mol. The molecule has 1 aliphatic rings. The molecule has 1 aromatic carbocycles. The lowest BCUT2D eigenvalue weighted by Crippen LogP contribution is -2.41. The Kier molecular flexibility index (Phi) is 5.77. The Balaban J connectivity index is 1.78. The van der Waals surface area contributed by atoms with Gasteiger partial charge >= 0.3 is 0 Å². The van der Waals surface area contributed by atoms with Crippen molar-refractivity contribution < 1.29 is 9.53 Å². The number of hydrogen-bond acceptors (Lipinski definition) is 3. The van der Waals surface area contributed by atoms with E-state index in [1.165, 1.54) is 12.8 Å². The van der Waals surface area contributed by atoms with Crippen LogP contribution in [0.25, 0.3) is 0 Å². The van der Waals surface area contributed by atoms with Crippen LogP contribution >= 0.6 is 11.8 Å². The summed E-state index contributed by atoms with van der Waals surface area (Å²) in [5.74, 6) is 1.85. The van der Waals surface area contributed by atoms with E-state index >= 15 is 0 Å². The van der Waals surface area contributed by atoms with Crippen molar-refractivity contribution in [3.05, 3.63) is 29.8 Å². The highest BCUT2D eigenvalue weighted by molar-refractivity contribution is 7.99. The minimum Gasteiger partial charge on any atom is -0.484 e. The zero-order valence-corrected chi connectivity index (χ0v) is 13.0. The molecule has 0 bridgehead atoms. The zero-order valence-electron chi connectivity index (χ0n) is 12.2. The molecule has 0 spiro atoms. The Morgan fingerprint density at radius 3 is 3.05 bits per heavy atom. The molecule has 20 heavy (non-hydrogen) atoms. The zero-order chi connectivity index (χ0) is 14.4. The van der Waals surface area contributed by atoms with Crippen LogP contribution in [0.5, 0.6) is 5.75 Å². The van der Waals surface area contributed by atoms with Gasteiger partial charge in [-0.3, -0.25) is 4.79 Å². The maximum absolute atomic E-state index is 12.0. The molecule has 1 fully saturated rings. The second-order valence-corrected chi connectivity index (χ2v) is 6.72. The van der Waals surface area contributed by atoms with E-state index in [4.69, 9.17) is 4.74 Å². The predicted octanol–water partition coefficient (Wildman–Crippen LogP) is 3.16. The third-order valence-corrected chi connectivity index (χ3v) is 4.86. The molecule has 0 heterocycles. The molecule has 0 aromatic heterocycles. The van der Waals surface area contributed by atoms with Gasteiger partial charge in [-0.25, -0.2) is 0 Å². The number of nitrogens with one attached hydrogen (secondary N) is 1. The van der Waals surface area contributed by atoms with Crippen LogP contribution in [0.3, 0.4) is 0 Å². The molecule has 0 aliphatic heterocycles. The van der Waals surface area contributed by atoms with Crippen molar-refractivity contribution in [2.24, 2.45) is 0 Å². The molecule has 1 amide bonds. The largest absolute Gasteiger partial charge is 0.484 e. The van der Waals surface area contributed by atoms with Gasteiger partial charge in [0.25, 0.3) is 5.91 Å². The third-order valence-electron chi connectivity index (χ3n) is 3.54. The highest BCUT2D eigenvalue weighted by atomic mass is 32.2. The first-order valence-corrected chi connectivity index (χ1v) is 8.34. The quantitative estimate of drug-likeness (QED) is 0.875. The van der Waals surface area contributed by atoms with Crippen LogP contribution in [-0.4, -0.2) is 29.6 Å². The number of carbonyl (C=O) groups excluding carboxylic acids is 1. The van der Waals surface area contributed by atoms with E-state index in [9.17, 15) is 4.79 Å². The fraction of sp³-hybridized carbons (Fsp3) is 0.562. The molecule has 1 aromatic rings. The number of ether oxygens (including phenoxy) is 1. The van der Waals surface area contributed by atoms with E-state index in [2.05, 4.69) is 12.2 Å². The molecule has 3 nitrogen and oxygen atoms in total. The summed E-state index contributed by atoms with van der Waals surface area (Å²) in [6.07, 6.45) is 3.51. The number of aryl methyl sites for hydroxylation is 1. The smallest absolute Gasteiger partial charge is 0.258 e. The summed E-state index contributed by atoms with van der Waals surface area (Å²) in [5.41, 5.74) is 1.14. The van der Waals surface area contributed by atoms with Gasteiger partial charge in [0.1, 0.15) is 5.75 Å². The van der Waals surface area contributed by atoms with Gasteiger partial charge in [-0.05, 0) is 43.2 Å². The minimum absolute atomic E-state index is 0.0138. The van der Waals surface area contributed by atoms with E-state index in [-0.39, 0.29) is 12.5 Å². The lowest BCUT2D eigenvalue weighted by Gasteiger charge is -2.20. The van der Waals surface area contributed by atoms with E-state index in [1.807, 2.05) is 43.0 Å². The van der Waals surface area contributed by atoms with Gasteiger partial charge in [-0.15, -0.1) is 0 Å². The Labute approximate surface area is 125 Å². The highest BCUT2D eigenvalue weighted by Gasteiger charge is 2.28. The fourth-order valence-electron chi connectivity index (χ4n) is 2.61. The van der Waals surface area contributed by atoms with Crippen LogP contribution in [0.15, 0.2) is 24.3 Å². The Bertz CT molecular complexity index is 450. The number of amides is 1. The topological polar surface area (TPSA) is 38.3 Å². The molecule has 1 N–H and O–H groups in total. The summed E-state index contributed by atoms with van der Waals surface area (Å²) in [6, 6.07) is 8.09. The SMILES string of the molecule is CCS[C@@H]1CCC[C@H]1NC(=O)COc1cccc(C)c1. The Morgan fingerprint density at radius 1 is 1.45 bits per heavy atom. The summed E-state index contributed by atoms with van der Waals surface area (Å²) >= 11 is 1.95. The molecular weight excluding hydrogens is 270 g/mol. The summed E-state index contributed by atoms with van der Waals surface area (Å²) < 4.78 is 5.54. The second kappa shape index (κ2) is 7.58. The van der Waals surface area contributed by atoms with Crippen LogP contribution in [-0.2, 0) is 4.79 Å². The first-order chi connectivity index (χ1) is 9.69. The number of hydrogen-bond donors (Lipinski definition) is 1. The van der Waals surface area contributed by atoms with Crippen molar-refractivity contribution in [2.45, 2.75) is 44.4 Å². The molecule has 0 radical (unpaired) electrons. The normalized spacial score (nSPS) is 21.7. The molecule has 2 rings (SSSR count). The highest BCUT2D eigenvalue weighted by Crippen LogP contribution is 2.29. The second-order valence-electron chi connectivity index (χ2n) is 5.20. The standard InChI is InChI=1S/C16H23NO2S/c1-3-20-15-9-5-8-14(15)17-16(18)11-19-13-7-4-6-12(2)10-13/h4,6-7,10,14-15H,3,5,8-9,11H2,1-2H3,(H,17,18)/t14-,15-/m1/s1. The number of rotatable bonds is 6. The maximum Gasteiger partial charge on any atom is 0.258 e. The van der Waals surface area contributed by atoms with Crippen LogP contribution in [0.4, 0.5) is 0 Å². The molecule has 0 saturated heterocycles. The first kappa shape index (κ1) is 15.2. The molecule has 1 saturated carbocycles. The fourth-order valence-corrected chi connectivity index (χ4v) is 3.81. The monoisotopic (exact) mass is 293 g/mol. The van der Waals surface area contributed by atoms with Gasteiger partial charge in [0.2, 0.25) is 0 Å². The number of thioether (sulfide) groups is 1. The molecule has 1 aliphatic carbocycles. The summed E-state index contributed by atoms with van der Waals surface area (Å²) in [5, 5.41) is 3.69. The Hall–Kier alpha value is -1.16. The van der Waals surface area contributed by atoms with E-state index in [0.717, 1.165) is 23.5 Å². The summed E-state index contributed by atoms with van der Waals surface area (Å²) in [6.45, 7) is 4.28. The lowest BCUT2D eigenvalue weighted by atomic mass is 10.2. The molecule has 2 atom stereocenters. The van der Waals surface area contributed by atoms with Crippen molar-refractivity contribution in [3.63, 3.8) is 0 Å².